The molecular formula is C20H22ClF2NO3. The summed E-state index contributed by atoms with van der Waals surface area (Å²) >= 11 is 6.35. The minimum atomic E-state index is -2.86. The average Bonchev–Trinajstić information content (AvgIpc) is 2.91. The monoisotopic (exact) mass is 397 g/mol. The zero-order valence-corrected chi connectivity index (χ0v) is 15.6. The van der Waals surface area contributed by atoms with Crippen LogP contribution in [-0.4, -0.2) is 40.2 Å². The van der Waals surface area contributed by atoms with Crippen molar-refractivity contribution in [1.29, 1.82) is 0 Å². The molecule has 2 fully saturated rings. The van der Waals surface area contributed by atoms with Gasteiger partial charge in [-0.1, -0.05) is 17.7 Å². The molecule has 2 aromatic rings. The number of hydrogen-bond donors (Lipinski definition) is 1. The second kappa shape index (κ2) is 6.83. The summed E-state index contributed by atoms with van der Waals surface area (Å²) in [6, 6.07) is 5.64. The molecule has 146 valence electrons. The van der Waals surface area contributed by atoms with Crippen molar-refractivity contribution in [2.24, 2.45) is 0 Å². The maximum Gasteiger partial charge on any atom is 0.250 e. The van der Waals surface area contributed by atoms with Crippen LogP contribution in [0.15, 0.2) is 24.4 Å². The zero-order valence-electron chi connectivity index (χ0n) is 14.9. The van der Waals surface area contributed by atoms with Crippen LogP contribution in [0.5, 0.6) is 0 Å². The molecular weight excluding hydrogens is 376 g/mol. The summed E-state index contributed by atoms with van der Waals surface area (Å²) in [6.45, 7) is 1.16. The molecule has 1 aliphatic carbocycles. The predicted octanol–water partition coefficient (Wildman–Crippen LogP) is 4.77. The number of halogens is 3. The number of carbonyl (C=O) groups is 1. The fourth-order valence-electron chi connectivity index (χ4n) is 4.19. The molecule has 0 radical (unpaired) electrons. The van der Waals surface area contributed by atoms with Gasteiger partial charge in [0.2, 0.25) is 0 Å². The highest BCUT2D eigenvalue weighted by molar-refractivity contribution is 6.37. The van der Waals surface area contributed by atoms with E-state index in [9.17, 15) is 18.7 Å². The van der Waals surface area contributed by atoms with E-state index >= 15 is 0 Å². The Hall–Kier alpha value is -1.50. The van der Waals surface area contributed by atoms with Crippen molar-refractivity contribution in [1.82, 2.24) is 4.57 Å². The Balaban J connectivity index is 1.58. The number of fused-ring (bicyclic) bond motifs is 1. The lowest BCUT2D eigenvalue weighted by Crippen LogP contribution is -2.41. The van der Waals surface area contributed by atoms with Crippen molar-refractivity contribution in [2.45, 2.75) is 56.1 Å². The number of ketones is 1. The first-order chi connectivity index (χ1) is 12.8. The van der Waals surface area contributed by atoms with Crippen molar-refractivity contribution in [2.75, 3.05) is 13.2 Å². The van der Waals surface area contributed by atoms with Gasteiger partial charge in [-0.15, -0.1) is 0 Å². The maximum absolute atomic E-state index is 13.7. The Morgan fingerprint density at radius 3 is 2.78 bits per heavy atom. The molecule has 4 nitrogen and oxygen atoms in total. The molecule has 4 rings (SSSR count). The standard InChI is InChI=1S/C20H22ClF2NO3/c21-15-3-1-4-16-18(15)14(9-24(16)13-10-27-11-13)17(25)5-8-19(26)6-2-7-20(22,23)12-19/h1,3-4,9,13,26H,2,5-8,10-12H2. The topological polar surface area (TPSA) is 51.5 Å². The number of hydrogen-bond acceptors (Lipinski definition) is 3. The number of benzene rings is 1. The van der Waals surface area contributed by atoms with Gasteiger partial charge in [0.15, 0.2) is 5.78 Å². The summed E-state index contributed by atoms with van der Waals surface area (Å²) < 4.78 is 34.6. The first kappa shape index (κ1) is 18.8. The number of Topliss-reactive ketones (excluding diaryl/α,β-unsaturated/α-hetero) is 1. The number of ether oxygens (including phenoxy) is 1. The largest absolute Gasteiger partial charge is 0.390 e. The van der Waals surface area contributed by atoms with Crippen molar-refractivity contribution in [3.05, 3.63) is 35.0 Å². The molecule has 1 unspecified atom stereocenters. The molecule has 7 heteroatoms. The Morgan fingerprint density at radius 2 is 2.11 bits per heavy atom. The molecule has 27 heavy (non-hydrogen) atoms. The maximum atomic E-state index is 13.7. The van der Waals surface area contributed by atoms with Crippen molar-refractivity contribution < 1.29 is 23.4 Å². The SMILES string of the molecule is O=C(CCC1(O)CCCC(F)(F)C1)c1cn(C2COC2)c2cccc(Cl)c12. The highest BCUT2D eigenvalue weighted by Gasteiger charge is 2.44. The van der Waals surface area contributed by atoms with E-state index in [1.807, 2.05) is 16.7 Å². The van der Waals surface area contributed by atoms with Crippen LogP contribution in [0.4, 0.5) is 8.78 Å². The van der Waals surface area contributed by atoms with Gasteiger partial charge >= 0.3 is 0 Å². The Morgan fingerprint density at radius 1 is 1.33 bits per heavy atom. The van der Waals surface area contributed by atoms with Gasteiger partial charge in [-0.05, 0) is 31.4 Å². The third-order valence-corrected chi connectivity index (χ3v) is 6.03. The minimum absolute atomic E-state index is 0.0120. The van der Waals surface area contributed by atoms with Gasteiger partial charge in [0, 0.05) is 36.4 Å². The van der Waals surface area contributed by atoms with Crippen molar-refractivity contribution >= 4 is 28.3 Å². The minimum Gasteiger partial charge on any atom is -0.390 e. The molecule has 2 heterocycles. The van der Waals surface area contributed by atoms with Gasteiger partial charge < -0.3 is 14.4 Å². The lowest BCUT2D eigenvalue weighted by Gasteiger charge is -2.36. The number of rotatable bonds is 5. The van der Waals surface area contributed by atoms with Crippen LogP contribution in [0, 0.1) is 0 Å². The molecule has 1 aromatic heterocycles. The van der Waals surface area contributed by atoms with Crippen LogP contribution in [0.2, 0.25) is 5.02 Å². The van der Waals surface area contributed by atoms with Gasteiger partial charge in [-0.3, -0.25) is 4.79 Å². The zero-order chi connectivity index (χ0) is 19.2. The lowest BCUT2D eigenvalue weighted by atomic mass is 9.79. The first-order valence-corrected chi connectivity index (χ1v) is 9.66. The first-order valence-electron chi connectivity index (χ1n) is 9.28. The van der Waals surface area contributed by atoms with Crippen LogP contribution in [0.3, 0.4) is 0 Å². The molecule has 2 aliphatic rings. The fraction of sp³-hybridized carbons (Fsp3) is 0.550. The Labute approximate surface area is 161 Å². The summed E-state index contributed by atoms with van der Waals surface area (Å²) in [6.07, 6.45) is 1.63. The highest BCUT2D eigenvalue weighted by Crippen LogP contribution is 2.42. The molecule has 1 saturated carbocycles. The molecule has 0 spiro atoms. The molecule has 1 saturated heterocycles. The third kappa shape index (κ3) is 3.62. The molecule has 0 bridgehead atoms. The number of alkyl halides is 2. The normalized spacial score (nSPS) is 25.5. The van der Waals surface area contributed by atoms with E-state index in [1.165, 1.54) is 0 Å². The number of carbonyl (C=O) groups excluding carboxylic acids is 1. The lowest BCUT2D eigenvalue weighted by molar-refractivity contribution is -0.126. The number of nitrogens with zero attached hydrogens (tertiary/aromatic N) is 1. The summed E-state index contributed by atoms with van der Waals surface area (Å²) in [5.41, 5.74) is -0.141. The molecule has 0 amide bonds. The molecule has 1 aliphatic heterocycles. The quantitative estimate of drug-likeness (QED) is 0.739. The van der Waals surface area contributed by atoms with Crippen LogP contribution in [-0.2, 0) is 4.74 Å². The van der Waals surface area contributed by atoms with Gasteiger partial charge in [0.25, 0.3) is 5.92 Å². The average molecular weight is 398 g/mol. The Kier molecular flexibility index (Phi) is 4.77. The summed E-state index contributed by atoms with van der Waals surface area (Å²) in [7, 11) is 0. The van der Waals surface area contributed by atoms with Crippen LogP contribution in [0.1, 0.15) is 54.9 Å². The second-order valence-electron chi connectivity index (χ2n) is 7.81. The molecule has 1 aromatic carbocycles. The summed E-state index contributed by atoms with van der Waals surface area (Å²) in [5.74, 6) is -3.05. The Bertz CT molecular complexity index is 877. The predicted molar refractivity (Wildman–Crippen MR) is 98.7 cm³/mol. The van der Waals surface area contributed by atoms with E-state index in [0.29, 0.717) is 35.6 Å². The van der Waals surface area contributed by atoms with E-state index in [4.69, 9.17) is 16.3 Å². The van der Waals surface area contributed by atoms with Crippen molar-refractivity contribution in [3.8, 4) is 0 Å². The van der Waals surface area contributed by atoms with Crippen molar-refractivity contribution in [3.63, 3.8) is 0 Å². The van der Waals surface area contributed by atoms with E-state index in [1.54, 1.807) is 12.3 Å². The van der Waals surface area contributed by atoms with Gasteiger partial charge in [-0.2, -0.15) is 0 Å². The molecule has 1 atom stereocenters. The van der Waals surface area contributed by atoms with Crippen LogP contribution < -0.4 is 0 Å². The fourth-order valence-corrected chi connectivity index (χ4v) is 4.47. The highest BCUT2D eigenvalue weighted by atomic mass is 35.5. The smallest absolute Gasteiger partial charge is 0.250 e. The third-order valence-electron chi connectivity index (χ3n) is 5.71. The van der Waals surface area contributed by atoms with Gasteiger partial charge in [0.1, 0.15) is 0 Å². The van der Waals surface area contributed by atoms with Crippen LogP contribution >= 0.6 is 11.6 Å². The van der Waals surface area contributed by atoms with Gasteiger partial charge in [0.05, 0.1) is 35.4 Å². The van der Waals surface area contributed by atoms with E-state index in [2.05, 4.69) is 0 Å². The van der Waals surface area contributed by atoms with E-state index in [-0.39, 0.29) is 37.5 Å². The molecule has 1 N–H and O–H groups in total. The second-order valence-corrected chi connectivity index (χ2v) is 8.22. The van der Waals surface area contributed by atoms with E-state index in [0.717, 1.165) is 5.52 Å². The summed E-state index contributed by atoms with van der Waals surface area (Å²) in [5, 5.41) is 11.7. The van der Waals surface area contributed by atoms with Gasteiger partial charge in [-0.25, -0.2) is 8.78 Å². The number of aliphatic hydroxyl groups is 1. The van der Waals surface area contributed by atoms with Crippen LogP contribution in [0.25, 0.3) is 10.9 Å². The number of aromatic nitrogens is 1. The summed E-state index contributed by atoms with van der Waals surface area (Å²) in [4.78, 5) is 12.9. The van der Waals surface area contributed by atoms with E-state index < -0.39 is 17.9 Å².